The second-order valence-corrected chi connectivity index (χ2v) is 14.7. The predicted octanol–water partition coefficient (Wildman–Crippen LogP) is 8.13. The van der Waals surface area contributed by atoms with E-state index in [1.165, 1.54) is 25.7 Å². The lowest BCUT2D eigenvalue weighted by Gasteiger charge is -2.36. The molecule has 8 heteroatoms. The van der Waals surface area contributed by atoms with E-state index in [-0.39, 0.29) is 23.6 Å². The molecule has 1 aromatic heterocycles. The van der Waals surface area contributed by atoms with Gasteiger partial charge in [-0.3, -0.25) is 14.4 Å². The van der Waals surface area contributed by atoms with Crippen LogP contribution in [0.25, 0.3) is 11.3 Å². The van der Waals surface area contributed by atoms with Gasteiger partial charge in [0.2, 0.25) is 5.91 Å². The number of aromatic nitrogens is 2. The van der Waals surface area contributed by atoms with Gasteiger partial charge in [-0.1, -0.05) is 59.3 Å². The maximum absolute atomic E-state index is 14.1. The Balaban J connectivity index is 1.23. The first-order valence-electron chi connectivity index (χ1n) is 18.0. The predicted molar refractivity (Wildman–Crippen MR) is 187 cm³/mol. The fourth-order valence-corrected chi connectivity index (χ4v) is 7.20. The van der Waals surface area contributed by atoms with E-state index in [4.69, 9.17) is 4.74 Å². The zero-order valence-electron chi connectivity index (χ0n) is 29.0. The van der Waals surface area contributed by atoms with Crippen molar-refractivity contribution >= 4 is 17.6 Å². The van der Waals surface area contributed by atoms with E-state index >= 15 is 0 Å². The zero-order chi connectivity index (χ0) is 33.8. The second-order valence-electron chi connectivity index (χ2n) is 14.7. The number of rotatable bonds is 15. The van der Waals surface area contributed by atoms with Crippen molar-refractivity contribution in [2.45, 2.75) is 110 Å². The Morgan fingerprint density at radius 1 is 1.00 bits per heavy atom. The Kier molecular flexibility index (Phi) is 10.6. The SMILES string of the molecule is CC(=O)CC(CCCCCC1CC1)N1CCc2cc(CN3C[C@@H](C)CC3=O)c(Oc3ccc(-c4ccc(C(C)C)nn4)cc3)cc2C1=O. The van der Waals surface area contributed by atoms with E-state index in [0.29, 0.717) is 67.8 Å². The van der Waals surface area contributed by atoms with Crippen molar-refractivity contribution < 1.29 is 19.1 Å². The molecule has 3 aliphatic rings. The summed E-state index contributed by atoms with van der Waals surface area (Å²) in [7, 11) is 0. The standard InChI is InChI=1S/C40H50N4O4/c1-26(2)36-16-17-37(42-41-36)30-12-14-34(15-13-30)48-38-23-35-31(22-32(38)25-43-24-27(3)20-39(43)46)18-19-44(40(35)47)33(21-28(4)45)9-7-5-6-8-29-10-11-29/h12-17,22-23,26-27,29,33H,5-11,18-21,24-25H2,1-4H3/t27-,33?/m0/s1. The minimum absolute atomic E-state index is 0.0403. The van der Waals surface area contributed by atoms with E-state index in [0.717, 1.165) is 53.3 Å². The summed E-state index contributed by atoms with van der Waals surface area (Å²) in [5.74, 6) is 2.99. The number of hydrogen-bond donors (Lipinski definition) is 0. The van der Waals surface area contributed by atoms with Crippen LogP contribution in [0.1, 0.15) is 119 Å². The summed E-state index contributed by atoms with van der Waals surface area (Å²) in [6, 6.07) is 15.6. The molecule has 3 aromatic rings. The molecular weight excluding hydrogens is 600 g/mol. The van der Waals surface area contributed by atoms with Crippen molar-refractivity contribution in [3.8, 4) is 22.8 Å². The molecule has 2 aromatic carbocycles. The molecule has 1 saturated heterocycles. The van der Waals surface area contributed by atoms with Crippen molar-refractivity contribution in [3.63, 3.8) is 0 Å². The van der Waals surface area contributed by atoms with Gasteiger partial charge in [-0.15, -0.1) is 0 Å². The zero-order valence-corrected chi connectivity index (χ0v) is 29.0. The number of nitrogens with zero attached hydrogens (tertiary/aromatic N) is 4. The normalized spacial score (nSPS) is 18.4. The Hall–Kier alpha value is -4.07. The topological polar surface area (TPSA) is 92.7 Å². The minimum atomic E-state index is -0.0953. The minimum Gasteiger partial charge on any atom is -0.457 e. The van der Waals surface area contributed by atoms with Crippen LogP contribution in [0.4, 0.5) is 0 Å². The van der Waals surface area contributed by atoms with Crippen LogP contribution >= 0.6 is 0 Å². The van der Waals surface area contributed by atoms with Crippen molar-refractivity contribution in [1.29, 1.82) is 0 Å². The number of carbonyl (C=O) groups excluding carboxylic acids is 3. The van der Waals surface area contributed by atoms with Crippen LogP contribution in [0, 0.1) is 11.8 Å². The van der Waals surface area contributed by atoms with E-state index in [1.807, 2.05) is 52.3 Å². The van der Waals surface area contributed by atoms with Gasteiger partial charge in [0.25, 0.3) is 5.91 Å². The lowest BCUT2D eigenvalue weighted by molar-refractivity contribution is -0.128. The molecule has 0 radical (unpaired) electrons. The highest BCUT2D eigenvalue weighted by Gasteiger charge is 2.33. The summed E-state index contributed by atoms with van der Waals surface area (Å²) in [6.07, 6.45) is 9.96. The third kappa shape index (κ3) is 8.31. The van der Waals surface area contributed by atoms with Crippen LogP contribution in [0.3, 0.4) is 0 Å². The highest BCUT2D eigenvalue weighted by molar-refractivity contribution is 5.98. The molecule has 2 aliphatic heterocycles. The van der Waals surface area contributed by atoms with Crippen LogP contribution in [0.15, 0.2) is 48.5 Å². The fraction of sp³-hybridized carbons (Fsp3) is 0.525. The summed E-state index contributed by atoms with van der Waals surface area (Å²) < 4.78 is 6.52. The van der Waals surface area contributed by atoms with E-state index in [2.05, 4.69) is 37.0 Å². The molecular formula is C40H50N4O4. The lowest BCUT2D eigenvalue weighted by Crippen LogP contribution is -2.45. The van der Waals surface area contributed by atoms with E-state index < -0.39 is 0 Å². The van der Waals surface area contributed by atoms with Gasteiger partial charge in [0.05, 0.1) is 11.4 Å². The Morgan fingerprint density at radius 2 is 1.79 bits per heavy atom. The first-order chi connectivity index (χ1) is 23.1. The van der Waals surface area contributed by atoms with E-state index in [9.17, 15) is 14.4 Å². The molecule has 48 heavy (non-hydrogen) atoms. The molecule has 0 spiro atoms. The largest absolute Gasteiger partial charge is 0.457 e. The summed E-state index contributed by atoms with van der Waals surface area (Å²) in [4.78, 5) is 43.1. The summed E-state index contributed by atoms with van der Waals surface area (Å²) in [5.41, 5.74) is 5.17. The number of fused-ring (bicyclic) bond motifs is 1. The van der Waals surface area contributed by atoms with Gasteiger partial charge in [0, 0.05) is 55.2 Å². The Labute approximate surface area is 285 Å². The average molecular weight is 651 g/mol. The van der Waals surface area contributed by atoms with Crippen LogP contribution in [-0.4, -0.2) is 56.7 Å². The van der Waals surface area contributed by atoms with Gasteiger partial charge in [0.15, 0.2) is 0 Å². The van der Waals surface area contributed by atoms with Crippen LogP contribution < -0.4 is 4.74 Å². The van der Waals surface area contributed by atoms with Crippen molar-refractivity contribution in [1.82, 2.24) is 20.0 Å². The fourth-order valence-electron chi connectivity index (χ4n) is 7.20. The van der Waals surface area contributed by atoms with Gasteiger partial charge in [0.1, 0.15) is 17.3 Å². The monoisotopic (exact) mass is 650 g/mol. The number of carbonyl (C=O) groups is 3. The van der Waals surface area contributed by atoms with Crippen molar-refractivity contribution in [2.24, 2.45) is 11.8 Å². The number of likely N-dealkylation sites (tertiary alicyclic amines) is 1. The molecule has 2 amide bonds. The number of benzene rings is 2. The van der Waals surface area contributed by atoms with Gasteiger partial charge in [-0.05, 0) is 91.6 Å². The van der Waals surface area contributed by atoms with Crippen LogP contribution in [-0.2, 0) is 22.6 Å². The third-order valence-corrected chi connectivity index (χ3v) is 10.1. The second kappa shape index (κ2) is 15.0. The van der Waals surface area contributed by atoms with Gasteiger partial charge < -0.3 is 14.5 Å². The third-order valence-electron chi connectivity index (χ3n) is 10.1. The summed E-state index contributed by atoms with van der Waals surface area (Å²) >= 11 is 0. The molecule has 3 heterocycles. The highest BCUT2D eigenvalue weighted by Crippen LogP contribution is 2.36. The Bertz CT molecular complexity index is 1610. The number of Topliss-reactive ketones (excluding diaryl/α,β-unsaturated/α-hetero) is 1. The molecule has 2 atom stereocenters. The number of ether oxygens (including phenoxy) is 1. The number of ketones is 1. The van der Waals surface area contributed by atoms with Crippen LogP contribution in [0.5, 0.6) is 11.5 Å². The van der Waals surface area contributed by atoms with Crippen molar-refractivity contribution in [2.75, 3.05) is 13.1 Å². The maximum Gasteiger partial charge on any atom is 0.254 e. The molecule has 1 aliphatic carbocycles. The molecule has 0 bridgehead atoms. The molecule has 0 N–H and O–H groups in total. The van der Waals surface area contributed by atoms with Crippen molar-refractivity contribution in [3.05, 3.63) is 70.9 Å². The Morgan fingerprint density at radius 3 is 2.44 bits per heavy atom. The number of unbranched alkanes of at least 4 members (excludes halogenated alkanes) is 2. The lowest BCUT2D eigenvalue weighted by atomic mass is 9.92. The number of amides is 2. The maximum atomic E-state index is 14.1. The van der Waals surface area contributed by atoms with E-state index in [1.54, 1.807) is 6.92 Å². The summed E-state index contributed by atoms with van der Waals surface area (Å²) in [6.45, 7) is 9.65. The van der Waals surface area contributed by atoms with Gasteiger partial charge >= 0.3 is 0 Å². The first-order valence-corrected chi connectivity index (χ1v) is 18.0. The molecule has 8 nitrogen and oxygen atoms in total. The number of hydrogen-bond acceptors (Lipinski definition) is 6. The van der Waals surface area contributed by atoms with Gasteiger partial charge in [-0.25, -0.2) is 0 Å². The molecule has 2 fully saturated rings. The average Bonchev–Trinajstić information content (AvgIpc) is 3.83. The smallest absolute Gasteiger partial charge is 0.254 e. The van der Waals surface area contributed by atoms with Gasteiger partial charge in [-0.2, -0.15) is 10.2 Å². The molecule has 1 unspecified atom stereocenters. The quantitative estimate of drug-likeness (QED) is 0.154. The molecule has 6 rings (SSSR count). The molecule has 1 saturated carbocycles. The van der Waals surface area contributed by atoms with Crippen LogP contribution in [0.2, 0.25) is 0 Å². The highest BCUT2D eigenvalue weighted by atomic mass is 16.5. The molecule has 254 valence electrons. The first kappa shape index (κ1) is 33.8. The summed E-state index contributed by atoms with van der Waals surface area (Å²) in [5, 5.41) is 8.77.